The summed E-state index contributed by atoms with van der Waals surface area (Å²) >= 11 is 0. The molecule has 0 radical (unpaired) electrons. The van der Waals surface area contributed by atoms with E-state index in [1.165, 1.54) is 6.92 Å². The van der Waals surface area contributed by atoms with Gasteiger partial charge in [-0.2, -0.15) is 0 Å². The van der Waals surface area contributed by atoms with Crippen LogP contribution in [0.5, 0.6) is 0 Å². The Labute approximate surface area is 66.8 Å². The lowest BCUT2D eigenvalue weighted by Gasteiger charge is -1.89. The van der Waals surface area contributed by atoms with E-state index in [1.807, 2.05) is 13.8 Å². The summed E-state index contributed by atoms with van der Waals surface area (Å²) < 4.78 is 4.83. The van der Waals surface area contributed by atoms with Crippen molar-refractivity contribution in [2.24, 2.45) is 0 Å². The largest absolute Gasteiger partial charge is 0.479 e. The SMILES string of the molecule is CC(O)C(=O)O.CCOCC. The Bertz CT molecular complexity index is 88.4. The van der Waals surface area contributed by atoms with E-state index in [1.54, 1.807) is 0 Å². The first-order chi connectivity index (χ1) is 5.06. The van der Waals surface area contributed by atoms with Crippen molar-refractivity contribution in [3.05, 3.63) is 0 Å². The van der Waals surface area contributed by atoms with Crippen molar-refractivity contribution in [2.45, 2.75) is 26.9 Å². The maximum absolute atomic E-state index is 9.45. The van der Waals surface area contributed by atoms with Gasteiger partial charge in [0, 0.05) is 13.2 Å². The highest BCUT2D eigenvalue weighted by molar-refractivity contribution is 5.71. The lowest BCUT2D eigenvalue weighted by molar-refractivity contribution is -0.145. The van der Waals surface area contributed by atoms with Gasteiger partial charge in [0.2, 0.25) is 0 Å². The molecule has 0 spiro atoms. The molecule has 4 heteroatoms. The standard InChI is InChI=1S/C4H10O.C3H6O3/c1-3-5-4-2;1-2(4)3(5)6/h3-4H2,1-2H3;2,4H,1H3,(H,5,6). The fourth-order valence-electron chi connectivity index (χ4n) is 0.204. The molecule has 1 atom stereocenters. The van der Waals surface area contributed by atoms with Gasteiger partial charge in [0.1, 0.15) is 6.10 Å². The number of aliphatic hydroxyl groups excluding tert-OH is 1. The van der Waals surface area contributed by atoms with Crippen LogP contribution in [0.2, 0.25) is 0 Å². The first-order valence-electron chi connectivity index (χ1n) is 3.54. The zero-order chi connectivity index (χ0) is 9.28. The Hall–Kier alpha value is -0.610. The predicted molar refractivity (Wildman–Crippen MR) is 41.5 cm³/mol. The molecule has 0 heterocycles. The van der Waals surface area contributed by atoms with Crippen LogP contribution in [0.4, 0.5) is 0 Å². The molecule has 0 aliphatic carbocycles. The Balaban J connectivity index is 0. The van der Waals surface area contributed by atoms with Crippen LogP contribution in [0.15, 0.2) is 0 Å². The molecule has 1 unspecified atom stereocenters. The van der Waals surface area contributed by atoms with Gasteiger partial charge < -0.3 is 14.9 Å². The topological polar surface area (TPSA) is 66.8 Å². The third kappa shape index (κ3) is 17.7. The summed E-state index contributed by atoms with van der Waals surface area (Å²) in [5.74, 6) is -1.19. The van der Waals surface area contributed by atoms with Crippen LogP contribution in [-0.2, 0) is 9.53 Å². The number of carboxylic acid groups (broad SMARTS) is 1. The predicted octanol–water partition coefficient (Wildman–Crippen LogP) is 0.495. The highest BCUT2D eigenvalue weighted by Crippen LogP contribution is 1.73. The Morgan fingerprint density at radius 2 is 1.73 bits per heavy atom. The summed E-state index contributed by atoms with van der Waals surface area (Å²) in [7, 11) is 0. The molecular weight excluding hydrogens is 148 g/mol. The highest BCUT2D eigenvalue weighted by Gasteiger charge is 2.01. The molecule has 0 aliphatic heterocycles. The quantitative estimate of drug-likeness (QED) is 0.637. The summed E-state index contributed by atoms with van der Waals surface area (Å²) in [6, 6.07) is 0. The van der Waals surface area contributed by atoms with Crippen LogP contribution in [-0.4, -0.2) is 35.5 Å². The highest BCUT2D eigenvalue weighted by atomic mass is 16.5. The first kappa shape index (κ1) is 13.0. The molecule has 0 aromatic rings. The summed E-state index contributed by atoms with van der Waals surface area (Å²) in [6.45, 7) is 6.86. The molecule has 2 N–H and O–H groups in total. The van der Waals surface area contributed by atoms with Crippen LogP contribution < -0.4 is 0 Å². The number of hydrogen-bond acceptors (Lipinski definition) is 3. The normalized spacial score (nSPS) is 11.3. The van der Waals surface area contributed by atoms with E-state index in [4.69, 9.17) is 14.9 Å². The fraction of sp³-hybridized carbons (Fsp3) is 0.857. The Morgan fingerprint density at radius 1 is 1.45 bits per heavy atom. The van der Waals surface area contributed by atoms with Gasteiger partial charge in [-0.1, -0.05) is 0 Å². The minimum Gasteiger partial charge on any atom is -0.479 e. The molecule has 11 heavy (non-hydrogen) atoms. The fourth-order valence-corrected chi connectivity index (χ4v) is 0.204. The third-order valence-corrected chi connectivity index (χ3v) is 0.766. The molecule has 68 valence electrons. The van der Waals surface area contributed by atoms with Crippen molar-refractivity contribution >= 4 is 5.97 Å². The molecule has 0 aromatic heterocycles. The van der Waals surface area contributed by atoms with Crippen molar-refractivity contribution in [3.8, 4) is 0 Å². The third-order valence-electron chi connectivity index (χ3n) is 0.766. The van der Waals surface area contributed by atoms with Crippen LogP contribution in [0.3, 0.4) is 0 Å². The van der Waals surface area contributed by atoms with E-state index in [9.17, 15) is 4.79 Å². The van der Waals surface area contributed by atoms with E-state index in [-0.39, 0.29) is 0 Å². The van der Waals surface area contributed by atoms with E-state index < -0.39 is 12.1 Å². The molecule has 0 fully saturated rings. The number of ether oxygens (including phenoxy) is 1. The Kier molecular flexibility index (Phi) is 11.1. The molecule has 0 aromatic carbocycles. The van der Waals surface area contributed by atoms with Gasteiger partial charge in [0.15, 0.2) is 0 Å². The van der Waals surface area contributed by atoms with E-state index >= 15 is 0 Å². The summed E-state index contributed by atoms with van der Waals surface area (Å²) in [4.78, 5) is 9.45. The molecule has 0 amide bonds. The number of carbonyl (C=O) groups is 1. The monoisotopic (exact) mass is 164 g/mol. The summed E-state index contributed by atoms with van der Waals surface area (Å²) in [5, 5.41) is 15.8. The smallest absolute Gasteiger partial charge is 0.332 e. The first-order valence-corrected chi connectivity index (χ1v) is 3.54. The zero-order valence-corrected chi connectivity index (χ0v) is 7.20. The van der Waals surface area contributed by atoms with Gasteiger partial charge in [-0.15, -0.1) is 0 Å². The second-order valence-corrected chi connectivity index (χ2v) is 1.80. The maximum Gasteiger partial charge on any atom is 0.332 e. The average Bonchev–Trinajstić information content (AvgIpc) is 1.90. The van der Waals surface area contributed by atoms with Crippen LogP contribution in [0, 0.1) is 0 Å². The van der Waals surface area contributed by atoms with Crippen molar-refractivity contribution in [1.29, 1.82) is 0 Å². The second-order valence-electron chi connectivity index (χ2n) is 1.80. The van der Waals surface area contributed by atoms with Gasteiger partial charge in [0.05, 0.1) is 0 Å². The molecule has 4 nitrogen and oxygen atoms in total. The maximum atomic E-state index is 9.45. The molecular formula is C7H16O4. The molecule has 0 rings (SSSR count). The summed E-state index contributed by atoms with van der Waals surface area (Å²) in [5.41, 5.74) is 0. The van der Waals surface area contributed by atoms with Gasteiger partial charge in [-0.3, -0.25) is 0 Å². The number of aliphatic hydroxyl groups is 1. The van der Waals surface area contributed by atoms with Gasteiger partial charge >= 0.3 is 5.97 Å². The molecule has 0 bridgehead atoms. The zero-order valence-electron chi connectivity index (χ0n) is 7.20. The number of hydrogen-bond donors (Lipinski definition) is 2. The molecule has 0 aliphatic rings. The number of rotatable bonds is 3. The van der Waals surface area contributed by atoms with Crippen LogP contribution >= 0.6 is 0 Å². The van der Waals surface area contributed by atoms with E-state index in [0.717, 1.165) is 13.2 Å². The second kappa shape index (κ2) is 9.39. The number of carboxylic acids is 1. The van der Waals surface area contributed by atoms with Crippen LogP contribution in [0.25, 0.3) is 0 Å². The summed E-state index contributed by atoms with van der Waals surface area (Å²) in [6.07, 6.45) is -1.23. The van der Waals surface area contributed by atoms with Crippen molar-refractivity contribution in [3.63, 3.8) is 0 Å². The minimum absolute atomic E-state index is 0.844. The minimum atomic E-state index is -1.23. The van der Waals surface area contributed by atoms with Gasteiger partial charge in [0.25, 0.3) is 0 Å². The van der Waals surface area contributed by atoms with E-state index in [2.05, 4.69) is 0 Å². The Morgan fingerprint density at radius 3 is 1.73 bits per heavy atom. The van der Waals surface area contributed by atoms with Crippen LogP contribution in [0.1, 0.15) is 20.8 Å². The van der Waals surface area contributed by atoms with Gasteiger partial charge in [-0.25, -0.2) is 4.79 Å². The van der Waals surface area contributed by atoms with Crippen molar-refractivity contribution in [2.75, 3.05) is 13.2 Å². The average molecular weight is 164 g/mol. The lowest BCUT2D eigenvalue weighted by Crippen LogP contribution is -2.13. The van der Waals surface area contributed by atoms with E-state index in [0.29, 0.717) is 0 Å². The van der Waals surface area contributed by atoms with Crippen molar-refractivity contribution in [1.82, 2.24) is 0 Å². The van der Waals surface area contributed by atoms with Crippen molar-refractivity contribution < 1.29 is 19.7 Å². The molecule has 0 saturated heterocycles. The number of aliphatic carboxylic acids is 1. The lowest BCUT2D eigenvalue weighted by atomic mass is 10.4. The van der Waals surface area contributed by atoms with Gasteiger partial charge in [-0.05, 0) is 20.8 Å². The molecule has 0 saturated carbocycles.